The van der Waals surface area contributed by atoms with E-state index in [1.165, 1.54) is 4.90 Å². The van der Waals surface area contributed by atoms with E-state index in [9.17, 15) is 9.59 Å². The minimum Gasteiger partial charge on any atom is -0.430 e. The smallest absolute Gasteiger partial charge is 0.418 e. The van der Waals surface area contributed by atoms with Crippen molar-refractivity contribution in [3.8, 4) is 0 Å². The van der Waals surface area contributed by atoms with Crippen molar-refractivity contribution in [3.05, 3.63) is 71.8 Å². The van der Waals surface area contributed by atoms with Crippen LogP contribution in [0.1, 0.15) is 51.2 Å². The summed E-state index contributed by atoms with van der Waals surface area (Å²) in [4.78, 5) is 27.2. The van der Waals surface area contributed by atoms with Crippen molar-refractivity contribution in [1.82, 2.24) is 4.90 Å². The topological polar surface area (TPSA) is 46.6 Å². The van der Waals surface area contributed by atoms with Crippen LogP contribution in [0.4, 0.5) is 4.79 Å². The summed E-state index contributed by atoms with van der Waals surface area (Å²) in [7, 11) is 0. The molecule has 2 aromatic carbocycles. The van der Waals surface area contributed by atoms with Crippen LogP contribution in [0.2, 0.25) is 0 Å². The number of amides is 2. The van der Waals surface area contributed by atoms with E-state index >= 15 is 0 Å². The molecule has 1 unspecified atom stereocenters. The Morgan fingerprint density at radius 3 is 2.00 bits per heavy atom. The average molecular weight is 365 g/mol. The third-order valence-electron chi connectivity index (χ3n) is 5.19. The second kappa shape index (κ2) is 7.95. The van der Waals surface area contributed by atoms with Gasteiger partial charge in [-0.05, 0) is 12.3 Å². The highest BCUT2D eigenvalue weighted by atomic mass is 16.6. The lowest BCUT2D eigenvalue weighted by Gasteiger charge is -2.37. The first-order valence-electron chi connectivity index (χ1n) is 9.68. The number of cyclic esters (lactones) is 1. The number of ether oxygens (including phenoxy) is 1. The maximum Gasteiger partial charge on any atom is 0.418 e. The first kappa shape index (κ1) is 19.2. The molecule has 1 aliphatic heterocycles. The van der Waals surface area contributed by atoms with Gasteiger partial charge >= 0.3 is 6.09 Å². The van der Waals surface area contributed by atoms with E-state index in [1.54, 1.807) is 0 Å². The molecule has 3 rings (SSSR count). The Morgan fingerprint density at radius 2 is 1.56 bits per heavy atom. The van der Waals surface area contributed by atoms with Crippen molar-refractivity contribution in [1.29, 1.82) is 0 Å². The molecule has 2 amide bonds. The lowest BCUT2D eigenvalue weighted by Crippen LogP contribution is -2.49. The molecule has 1 atom stereocenters. The summed E-state index contributed by atoms with van der Waals surface area (Å²) in [6, 6.07) is 19.1. The van der Waals surface area contributed by atoms with Crippen LogP contribution in [0.5, 0.6) is 0 Å². The van der Waals surface area contributed by atoms with Crippen LogP contribution in [-0.2, 0) is 15.1 Å². The summed E-state index contributed by atoms with van der Waals surface area (Å²) >= 11 is 0. The first-order valence-corrected chi connectivity index (χ1v) is 9.68. The highest BCUT2D eigenvalue weighted by Gasteiger charge is 2.59. The third kappa shape index (κ3) is 3.36. The van der Waals surface area contributed by atoms with Gasteiger partial charge in [0.1, 0.15) is 0 Å². The standard InChI is InChI=1S/C23H27NO3/c1-4-5-16-20(25)24-21(17(2)3)23(27-22(24)26,18-12-8-6-9-13-18)19-14-10-7-11-15-19/h6-15,17,21H,4-5,16H2,1-3H3. The summed E-state index contributed by atoms with van der Waals surface area (Å²) < 4.78 is 6.07. The average Bonchev–Trinajstić information content (AvgIpc) is 3.02. The molecule has 0 aliphatic carbocycles. The van der Waals surface area contributed by atoms with Crippen LogP contribution in [0.3, 0.4) is 0 Å². The molecule has 1 fully saturated rings. The molecule has 0 radical (unpaired) electrons. The van der Waals surface area contributed by atoms with E-state index < -0.39 is 17.7 Å². The van der Waals surface area contributed by atoms with Crippen LogP contribution < -0.4 is 0 Å². The van der Waals surface area contributed by atoms with Gasteiger partial charge in [-0.25, -0.2) is 9.69 Å². The number of unbranched alkanes of at least 4 members (excludes halogenated alkanes) is 1. The molecule has 142 valence electrons. The summed E-state index contributed by atoms with van der Waals surface area (Å²) in [5.41, 5.74) is 0.762. The van der Waals surface area contributed by atoms with E-state index in [1.807, 2.05) is 81.4 Å². The fourth-order valence-electron chi connectivity index (χ4n) is 4.01. The molecule has 4 nitrogen and oxygen atoms in total. The van der Waals surface area contributed by atoms with Gasteiger partial charge in [0, 0.05) is 17.5 Å². The van der Waals surface area contributed by atoms with Crippen molar-refractivity contribution >= 4 is 12.0 Å². The minimum atomic E-state index is -1.00. The molecule has 0 saturated carbocycles. The van der Waals surface area contributed by atoms with E-state index in [-0.39, 0.29) is 11.8 Å². The Morgan fingerprint density at radius 1 is 1.04 bits per heavy atom. The SMILES string of the molecule is CCCCC(=O)N1C(=O)OC(c2ccccc2)(c2ccccc2)C1C(C)C. The molecule has 2 aromatic rings. The molecule has 0 N–H and O–H groups in total. The zero-order valence-corrected chi connectivity index (χ0v) is 16.2. The summed E-state index contributed by atoms with van der Waals surface area (Å²) in [5, 5.41) is 0. The molecule has 4 heteroatoms. The predicted octanol–water partition coefficient (Wildman–Crippen LogP) is 5.12. The maximum absolute atomic E-state index is 12.9. The van der Waals surface area contributed by atoms with Gasteiger partial charge in [0.2, 0.25) is 5.91 Å². The van der Waals surface area contributed by atoms with Gasteiger partial charge in [-0.15, -0.1) is 0 Å². The lowest BCUT2D eigenvalue weighted by atomic mass is 9.75. The van der Waals surface area contributed by atoms with Crippen molar-refractivity contribution in [2.45, 2.75) is 51.7 Å². The summed E-state index contributed by atoms with van der Waals surface area (Å²) in [5.74, 6) is -0.128. The van der Waals surface area contributed by atoms with Gasteiger partial charge in [0.25, 0.3) is 0 Å². The largest absolute Gasteiger partial charge is 0.430 e. The van der Waals surface area contributed by atoms with Gasteiger partial charge < -0.3 is 4.74 Å². The van der Waals surface area contributed by atoms with E-state index in [2.05, 4.69) is 0 Å². The lowest BCUT2D eigenvalue weighted by molar-refractivity contribution is -0.130. The fraction of sp³-hybridized carbons (Fsp3) is 0.391. The Labute approximate surface area is 161 Å². The molecule has 0 aromatic heterocycles. The fourth-order valence-corrected chi connectivity index (χ4v) is 4.01. The monoisotopic (exact) mass is 365 g/mol. The molecular formula is C23H27NO3. The molecular weight excluding hydrogens is 338 g/mol. The van der Waals surface area contributed by atoms with Gasteiger partial charge in [-0.1, -0.05) is 87.9 Å². The maximum atomic E-state index is 12.9. The van der Waals surface area contributed by atoms with Crippen molar-refractivity contribution in [2.24, 2.45) is 5.92 Å². The highest BCUT2D eigenvalue weighted by Crippen LogP contribution is 2.47. The van der Waals surface area contributed by atoms with Crippen molar-refractivity contribution < 1.29 is 14.3 Å². The van der Waals surface area contributed by atoms with Crippen LogP contribution in [-0.4, -0.2) is 22.9 Å². The molecule has 1 saturated heterocycles. The van der Waals surface area contributed by atoms with Crippen molar-refractivity contribution in [3.63, 3.8) is 0 Å². The van der Waals surface area contributed by atoms with Crippen molar-refractivity contribution in [2.75, 3.05) is 0 Å². The number of nitrogens with zero attached hydrogens (tertiary/aromatic N) is 1. The van der Waals surface area contributed by atoms with Crippen LogP contribution in [0.25, 0.3) is 0 Å². The Bertz CT molecular complexity index is 746. The Balaban J connectivity index is 2.18. The van der Waals surface area contributed by atoms with Gasteiger partial charge in [-0.3, -0.25) is 4.79 Å². The van der Waals surface area contributed by atoms with E-state index in [0.717, 1.165) is 24.0 Å². The highest BCUT2D eigenvalue weighted by molar-refractivity contribution is 5.94. The van der Waals surface area contributed by atoms with Crippen LogP contribution in [0, 0.1) is 5.92 Å². The number of carbonyl (C=O) groups excluding carboxylic acids is 2. The predicted molar refractivity (Wildman–Crippen MR) is 105 cm³/mol. The quantitative estimate of drug-likeness (QED) is 0.713. The number of benzene rings is 2. The number of rotatable bonds is 6. The molecule has 1 heterocycles. The Kier molecular flexibility index (Phi) is 5.64. The first-order chi connectivity index (χ1) is 13.0. The summed E-state index contributed by atoms with van der Waals surface area (Å²) in [6.45, 7) is 6.11. The number of hydrogen-bond donors (Lipinski definition) is 0. The number of imide groups is 1. The third-order valence-corrected chi connectivity index (χ3v) is 5.19. The second-order valence-electron chi connectivity index (χ2n) is 7.39. The molecule has 0 bridgehead atoms. The van der Waals surface area contributed by atoms with E-state index in [0.29, 0.717) is 6.42 Å². The van der Waals surface area contributed by atoms with Crippen LogP contribution >= 0.6 is 0 Å². The van der Waals surface area contributed by atoms with Crippen LogP contribution in [0.15, 0.2) is 60.7 Å². The molecule has 1 aliphatic rings. The minimum absolute atomic E-state index is 0.0300. The number of carbonyl (C=O) groups is 2. The molecule has 0 spiro atoms. The number of hydrogen-bond acceptors (Lipinski definition) is 3. The zero-order chi connectivity index (χ0) is 19.4. The Hall–Kier alpha value is -2.62. The normalized spacial score (nSPS) is 18.6. The van der Waals surface area contributed by atoms with E-state index in [4.69, 9.17) is 4.74 Å². The summed E-state index contributed by atoms with van der Waals surface area (Å²) in [6.07, 6.45) is 1.47. The zero-order valence-electron chi connectivity index (χ0n) is 16.2. The second-order valence-corrected chi connectivity index (χ2v) is 7.39. The van der Waals surface area contributed by atoms with Gasteiger partial charge in [-0.2, -0.15) is 0 Å². The molecule has 27 heavy (non-hydrogen) atoms. The van der Waals surface area contributed by atoms with Gasteiger partial charge in [0.05, 0.1) is 6.04 Å². The van der Waals surface area contributed by atoms with Gasteiger partial charge in [0.15, 0.2) is 5.60 Å².